The molecule has 0 aromatic heterocycles. The van der Waals surface area contributed by atoms with Crippen molar-refractivity contribution in [1.82, 2.24) is 5.32 Å². The minimum atomic E-state index is -1.31. The Bertz CT molecular complexity index is 549. The van der Waals surface area contributed by atoms with Crippen LogP contribution < -0.4 is 10.1 Å². The standard InChI is InChI=1S/C15H19NO5/c1-10-3-4-12(20-2)11(7-10)8-13(17)16-15(14(18)19)5-6-21-9-15/h3-4,7H,5-6,8-9H2,1-2H3,(H,16,17)(H,18,19). The van der Waals surface area contributed by atoms with Gasteiger partial charge in [0.1, 0.15) is 5.75 Å². The lowest BCUT2D eigenvalue weighted by Gasteiger charge is -2.24. The van der Waals surface area contributed by atoms with Crippen molar-refractivity contribution in [2.24, 2.45) is 0 Å². The van der Waals surface area contributed by atoms with Gasteiger partial charge in [0.05, 0.1) is 20.1 Å². The summed E-state index contributed by atoms with van der Waals surface area (Å²) in [5, 5.41) is 11.9. The molecule has 6 heteroatoms. The van der Waals surface area contributed by atoms with Gasteiger partial charge in [0.25, 0.3) is 0 Å². The van der Waals surface area contributed by atoms with Gasteiger partial charge in [0.2, 0.25) is 5.91 Å². The predicted molar refractivity (Wildman–Crippen MR) is 75.4 cm³/mol. The maximum Gasteiger partial charge on any atom is 0.331 e. The van der Waals surface area contributed by atoms with Crippen LogP contribution in [0.3, 0.4) is 0 Å². The summed E-state index contributed by atoms with van der Waals surface area (Å²) < 4.78 is 10.3. The second-order valence-electron chi connectivity index (χ2n) is 5.23. The van der Waals surface area contributed by atoms with Gasteiger partial charge in [-0.05, 0) is 13.0 Å². The molecule has 0 spiro atoms. The topological polar surface area (TPSA) is 84.9 Å². The molecule has 0 aliphatic carbocycles. The van der Waals surface area contributed by atoms with E-state index in [0.29, 0.717) is 12.4 Å². The minimum Gasteiger partial charge on any atom is -0.496 e. The van der Waals surface area contributed by atoms with E-state index in [2.05, 4.69) is 5.32 Å². The Morgan fingerprint density at radius 2 is 2.24 bits per heavy atom. The fourth-order valence-electron chi connectivity index (χ4n) is 2.42. The van der Waals surface area contributed by atoms with Crippen molar-refractivity contribution in [2.75, 3.05) is 20.3 Å². The highest BCUT2D eigenvalue weighted by Crippen LogP contribution is 2.22. The minimum absolute atomic E-state index is 0.000967. The van der Waals surface area contributed by atoms with Crippen molar-refractivity contribution in [3.63, 3.8) is 0 Å². The lowest BCUT2D eigenvalue weighted by atomic mass is 9.98. The number of benzene rings is 1. The highest BCUT2D eigenvalue weighted by atomic mass is 16.5. The van der Waals surface area contributed by atoms with Crippen LogP contribution in [-0.2, 0) is 20.7 Å². The molecule has 2 rings (SSSR count). The van der Waals surface area contributed by atoms with Crippen LogP contribution in [0.2, 0.25) is 0 Å². The molecule has 1 amide bonds. The first-order valence-corrected chi connectivity index (χ1v) is 6.72. The first-order chi connectivity index (χ1) is 9.97. The summed E-state index contributed by atoms with van der Waals surface area (Å²) in [4.78, 5) is 23.5. The van der Waals surface area contributed by atoms with Crippen molar-refractivity contribution in [2.45, 2.75) is 25.3 Å². The number of carboxylic acid groups (broad SMARTS) is 1. The highest BCUT2D eigenvalue weighted by Gasteiger charge is 2.43. The number of aliphatic carboxylic acids is 1. The van der Waals surface area contributed by atoms with E-state index in [1.807, 2.05) is 19.1 Å². The van der Waals surface area contributed by atoms with E-state index in [1.165, 1.54) is 7.11 Å². The Morgan fingerprint density at radius 1 is 1.48 bits per heavy atom. The van der Waals surface area contributed by atoms with Gasteiger partial charge in [-0.15, -0.1) is 0 Å². The fraction of sp³-hybridized carbons (Fsp3) is 0.467. The van der Waals surface area contributed by atoms with Crippen LogP contribution in [0.4, 0.5) is 0 Å². The van der Waals surface area contributed by atoms with Gasteiger partial charge >= 0.3 is 5.97 Å². The van der Waals surface area contributed by atoms with Crippen molar-refractivity contribution >= 4 is 11.9 Å². The van der Waals surface area contributed by atoms with Gasteiger partial charge in [-0.3, -0.25) is 4.79 Å². The SMILES string of the molecule is COc1ccc(C)cc1CC(=O)NC1(C(=O)O)CCOC1. The van der Waals surface area contributed by atoms with E-state index in [1.54, 1.807) is 6.07 Å². The Morgan fingerprint density at radius 3 is 2.81 bits per heavy atom. The summed E-state index contributed by atoms with van der Waals surface area (Å²) in [6.45, 7) is 2.25. The van der Waals surface area contributed by atoms with E-state index < -0.39 is 11.5 Å². The van der Waals surface area contributed by atoms with Crippen LogP contribution in [0.15, 0.2) is 18.2 Å². The van der Waals surface area contributed by atoms with Crippen molar-refractivity contribution in [3.8, 4) is 5.75 Å². The maximum atomic E-state index is 12.2. The van der Waals surface area contributed by atoms with E-state index in [9.17, 15) is 14.7 Å². The third-order valence-corrected chi connectivity index (χ3v) is 3.60. The van der Waals surface area contributed by atoms with E-state index in [0.717, 1.165) is 11.1 Å². The molecule has 0 saturated carbocycles. The zero-order valence-electron chi connectivity index (χ0n) is 12.1. The fourth-order valence-corrected chi connectivity index (χ4v) is 2.42. The number of carbonyl (C=O) groups is 2. The molecule has 1 aliphatic heterocycles. The molecule has 1 saturated heterocycles. The number of ether oxygens (including phenoxy) is 2. The zero-order valence-corrected chi connectivity index (χ0v) is 12.1. The molecule has 0 bridgehead atoms. The number of rotatable bonds is 5. The second-order valence-corrected chi connectivity index (χ2v) is 5.23. The predicted octanol–water partition coefficient (Wildman–Crippen LogP) is 0.906. The first kappa shape index (κ1) is 15.3. The number of amides is 1. The molecule has 1 fully saturated rings. The van der Waals surface area contributed by atoms with Gasteiger partial charge < -0.3 is 19.9 Å². The summed E-state index contributed by atoms with van der Waals surface area (Å²) in [7, 11) is 1.54. The third kappa shape index (κ3) is 3.33. The lowest BCUT2D eigenvalue weighted by Crippen LogP contribution is -2.55. The van der Waals surface area contributed by atoms with Crippen LogP contribution in [-0.4, -0.2) is 42.8 Å². The monoisotopic (exact) mass is 293 g/mol. The number of nitrogens with one attached hydrogen (secondary N) is 1. The maximum absolute atomic E-state index is 12.2. The van der Waals surface area contributed by atoms with Crippen molar-refractivity contribution in [1.29, 1.82) is 0 Å². The molecule has 114 valence electrons. The molecule has 1 aromatic carbocycles. The summed E-state index contributed by atoms with van der Waals surface area (Å²) in [6.07, 6.45) is 0.346. The van der Waals surface area contributed by atoms with E-state index >= 15 is 0 Å². The number of hydrogen-bond donors (Lipinski definition) is 2. The average molecular weight is 293 g/mol. The van der Waals surface area contributed by atoms with E-state index in [4.69, 9.17) is 9.47 Å². The van der Waals surface area contributed by atoms with Crippen LogP contribution in [0.5, 0.6) is 5.75 Å². The molecule has 2 N–H and O–H groups in total. The molecule has 1 aromatic rings. The number of methoxy groups -OCH3 is 1. The highest BCUT2D eigenvalue weighted by molar-refractivity contribution is 5.88. The average Bonchev–Trinajstić information content (AvgIpc) is 2.88. The van der Waals surface area contributed by atoms with Gasteiger partial charge in [0, 0.05) is 18.6 Å². The number of carbonyl (C=O) groups excluding carboxylic acids is 1. The largest absolute Gasteiger partial charge is 0.496 e. The molecule has 1 atom stereocenters. The number of hydrogen-bond acceptors (Lipinski definition) is 4. The summed E-state index contributed by atoms with van der Waals surface area (Å²) >= 11 is 0. The Kier molecular flexibility index (Phi) is 4.47. The summed E-state index contributed by atoms with van der Waals surface area (Å²) in [5.74, 6) is -0.806. The molecule has 1 aliphatic rings. The number of carboxylic acids is 1. The van der Waals surface area contributed by atoms with Crippen LogP contribution in [0.1, 0.15) is 17.5 Å². The normalized spacial score (nSPS) is 21.0. The number of aryl methyl sites for hydroxylation is 1. The molecule has 0 radical (unpaired) electrons. The summed E-state index contributed by atoms with van der Waals surface area (Å²) in [6, 6.07) is 5.55. The molecule has 1 heterocycles. The zero-order chi connectivity index (χ0) is 15.5. The van der Waals surface area contributed by atoms with Crippen molar-refractivity contribution < 1.29 is 24.2 Å². The third-order valence-electron chi connectivity index (χ3n) is 3.60. The van der Waals surface area contributed by atoms with E-state index in [-0.39, 0.29) is 25.4 Å². The van der Waals surface area contributed by atoms with Gasteiger partial charge in [-0.25, -0.2) is 4.79 Å². The van der Waals surface area contributed by atoms with Gasteiger partial charge in [-0.1, -0.05) is 17.7 Å². The Hall–Kier alpha value is -2.08. The molecule has 21 heavy (non-hydrogen) atoms. The quantitative estimate of drug-likeness (QED) is 0.843. The van der Waals surface area contributed by atoms with Crippen LogP contribution in [0, 0.1) is 6.92 Å². The van der Waals surface area contributed by atoms with Gasteiger partial charge in [0.15, 0.2) is 5.54 Å². The Labute approximate surface area is 123 Å². The first-order valence-electron chi connectivity index (χ1n) is 6.72. The molecule has 1 unspecified atom stereocenters. The Balaban J connectivity index is 2.11. The van der Waals surface area contributed by atoms with Gasteiger partial charge in [-0.2, -0.15) is 0 Å². The smallest absolute Gasteiger partial charge is 0.331 e. The second kappa shape index (κ2) is 6.13. The van der Waals surface area contributed by atoms with Crippen LogP contribution in [0.25, 0.3) is 0 Å². The van der Waals surface area contributed by atoms with Crippen molar-refractivity contribution in [3.05, 3.63) is 29.3 Å². The lowest BCUT2D eigenvalue weighted by molar-refractivity contribution is -0.147. The molecule has 6 nitrogen and oxygen atoms in total. The molecular weight excluding hydrogens is 274 g/mol. The molecular formula is C15H19NO5. The summed E-state index contributed by atoms with van der Waals surface area (Å²) in [5.41, 5.74) is 0.430. The van der Waals surface area contributed by atoms with Crippen LogP contribution >= 0.6 is 0 Å².